The van der Waals surface area contributed by atoms with Gasteiger partial charge in [0.15, 0.2) is 5.82 Å². The summed E-state index contributed by atoms with van der Waals surface area (Å²) in [6.07, 6.45) is 8.89. The van der Waals surface area contributed by atoms with E-state index < -0.39 is 45.0 Å². The van der Waals surface area contributed by atoms with Crippen molar-refractivity contribution in [3.05, 3.63) is 81.8 Å². The fraction of sp³-hybridized carbons (Fsp3) is 0.513. The van der Waals surface area contributed by atoms with Gasteiger partial charge in [-0.2, -0.15) is 0 Å². The molecule has 7 rings (SSSR count). The van der Waals surface area contributed by atoms with Crippen molar-refractivity contribution in [2.45, 2.75) is 56.7 Å². The number of anilines is 1. The molecule has 3 aromatic rings. The van der Waals surface area contributed by atoms with Crippen molar-refractivity contribution in [3.63, 3.8) is 0 Å². The molecule has 1 aromatic heterocycles. The van der Waals surface area contributed by atoms with Gasteiger partial charge in [0.1, 0.15) is 26.9 Å². The Hall–Kier alpha value is -3.98. The summed E-state index contributed by atoms with van der Waals surface area (Å²) in [5.74, 6) is -2.89. The lowest BCUT2D eigenvalue weighted by Crippen LogP contribution is -2.50. The second kappa shape index (κ2) is 15.3. The standard InChI is InChI=1S/C39H47ClFN5O7S/c1-23-20-54(49,44-37(48)29-19-45(2)42-38(29)52-5)43-36(47)28-11-13-33-35(34(28)41)46(18-25-8-10-27(25)32(51-4)15-14-31(23)50-3)21-39(22-53-33)16-6-7-24-17-26(40)9-12-30(24)39/h9,11-15,17,19,23,25,27,31-32H,6-8,10,16,18,20-22H2,1-5H3,(H,43,44,47,48,49)/b15-14+/t23-,25+,27-,31+,32+,39+,54?/m1/s1. The van der Waals surface area contributed by atoms with E-state index in [0.717, 1.165) is 43.2 Å². The van der Waals surface area contributed by atoms with Gasteiger partial charge in [0.05, 0.1) is 37.2 Å². The van der Waals surface area contributed by atoms with Crippen LogP contribution in [-0.4, -0.2) is 84.8 Å². The van der Waals surface area contributed by atoms with E-state index in [1.54, 1.807) is 27.1 Å². The van der Waals surface area contributed by atoms with Crippen LogP contribution in [0.2, 0.25) is 5.02 Å². The van der Waals surface area contributed by atoms with Crippen LogP contribution in [0.4, 0.5) is 10.1 Å². The SMILES string of the molecule is COc1nn(C)cc1C(=O)NS1(=O)=NC(=O)c2ccc3c(c2F)N(C[C@@H]2CC[C@H]2[C@@H](OC)/C=C/[C@H](OC)[C@H](C)C1)C[C@@]1(CCCc2cc(Cl)ccc21)CO3. The molecule has 1 N–H and O–H groups in total. The minimum absolute atomic E-state index is 0.00142. The summed E-state index contributed by atoms with van der Waals surface area (Å²) < 4.78 is 63.5. The molecule has 2 amide bonds. The molecule has 1 spiro atoms. The number of methoxy groups -OCH3 is 3. The molecule has 4 aliphatic rings. The number of rotatable bonds is 5. The van der Waals surface area contributed by atoms with Crippen LogP contribution in [-0.2, 0) is 38.3 Å². The molecular formula is C39H47ClFN5O7S. The molecule has 54 heavy (non-hydrogen) atoms. The third-order valence-corrected chi connectivity index (χ3v) is 13.7. The van der Waals surface area contributed by atoms with Gasteiger partial charge >= 0.3 is 0 Å². The first-order valence-corrected chi connectivity index (χ1v) is 20.4. The molecule has 1 unspecified atom stereocenters. The normalized spacial score (nSPS) is 30.2. The molecule has 0 saturated heterocycles. The topological polar surface area (TPSA) is 134 Å². The van der Waals surface area contributed by atoms with Crippen LogP contribution in [0.25, 0.3) is 0 Å². The molecule has 1 fully saturated rings. The Morgan fingerprint density at radius 1 is 1.13 bits per heavy atom. The summed E-state index contributed by atoms with van der Waals surface area (Å²) in [4.78, 5) is 29.7. The van der Waals surface area contributed by atoms with Crippen molar-refractivity contribution >= 4 is 39.0 Å². The lowest BCUT2D eigenvalue weighted by Gasteiger charge is -2.46. The quantitative estimate of drug-likeness (QED) is 0.314. The fourth-order valence-electron chi connectivity index (χ4n) is 8.70. The Morgan fingerprint density at radius 2 is 1.91 bits per heavy atom. The lowest BCUT2D eigenvalue weighted by molar-refractivity contribution is 0.0119. The molecule has 12 nitrogen and oxygen atoms in total. The van der Waals surface area contributed by atoms with E-state index in [2.05, 4.69) is 20.2 Å². The summed E-state index contributed by atoms with van der Waals surface area (Å²) in [6.45, 7) is 3.04. The first kappa shape index (κ1) is 38.3. The van der Waals surface area contributed by atoms with Crippen LogP contribution in [0.3, 0.4) is 0 Å². The Bertz CT molecular complexity index is 2100. The van der Waals surface area contributed by atoms with E-state index in [-0.39, 0.29) is 46.4 Å². The summed E-state index contributed by atoms with van der Waals surface area (Å²) in [6, 6.07) is 8.87. The van der Waals surface area contributed by atoms with E-state index >= 15 is 4.39 Å². The molecule has 0 radical (unpaired) electrons. The molecule has 2 aliphatic carbocycles. The monoisotopic (exact) mass is 783 g/mol. The predicted molar refractivity (Wildman–Crippen MR) is 203 cm³/mol. The van der Waals surface area contributed by atoms with Crippen LogP contribution in [0.15, 0.2) is 53.0 Å². The number of benzene rings is 2. The van der Waals surface area contributed by atoms with E-state index in [9.17, 15) is 13.8 Å². The minimum atomic E-state index is -3.90. The van der Waals surface area contributed by atoms with Crippen molar-refractivity contribution in [3.8, 4) is 11.6 Å². The summed E-state index contributed by atoms with van der Waals surface area (Å²) >= 11 is 6.44. The maximum absolute atomic E-state index is 17.2. The number of aromatic nitrogens is 2. The molecule has 15 heteroatoms. The van der Waals surface area contributed by atoms with Gasteiger partial charge in [-0.1, -0.05) is 36.7 Å². The molecule has 290 valence electrons. The molecule has 7 atom stereocenters. The molecule has 2 bridgehead atoms. The highest BCUT2D eigenvalue weighted by Crippen LogP contribution is 2.48. The number of amides is 2. The molecule has 3 heterocycles. The van der Waals surface area contributed by atoms with Gasteiger partial charge < -0.3 is 23.8 Å². The van der Waals surface area contributed by atoms with Gasteiger partial charge in [0, 0.05) is 51.0 Å². The van der Waals surface area contributed by atoms with Crippen LogP contribution < -0.4 is 19.1 Å². The minimum Gasteiger partial charge on any atom is -0.490 e. The van der Waals surface area contributed by atoms with E-state index in [4.69, 9.17) is 30.5 Å². The van der Waals surface area contributed by atoms with Crippen molar-refractivity contribution in [2.24, 2.45) is 29.2 Å². The number of carbonyl (C=O) groups excluding carboxylic acids is 2. The highest BCUT2D eigenvalue weighted by atomic mass is 35.5. The second-order valence-electron chi connectivity index (χ2n) is 15.0. The third-order valence-electron chi connectivity index (χ3n) is 11.5. The third kappa shape index (κ3) is 7.25. The first-order chi connectivity index (χ1) is 25.9. The summed E-state index contributed by atoms with van der Waals surface area (Å²) in [5, 5.41) is 4.78. The van der Waals surface area contributed by atoms with Crippen LogP contribution in [0, 0.1) is 23.6 Å². The maximum Gasteiger partial charge on any atom is 0.289 e. The largest absolute Gasteiger partial charge is 0.490 e. The van der Waals surface area contributed by atoms with Crippen LogP contribution in [0.5, 0.6) is 11.6 Å². The number of aryl methyl sites for hydroxylation is 2. The Balaban J connectivity index is 1.36. The zero-order valence-electron chi connectivity index (χ0n) is 31.2. The number of nitrogens with one attached hydrogen (secondary N) is 1. The smallest absolute Gasteiger partial charge is 0.289 e. The van der Waals surface area contributed by atoms with E-state index in [0.29, 0.717) is 30.5 Å². The number of nitrogens with zero attached hydrogens (tertiary/aromatic N) is 4. The first-order valence-electron chi connectivity index (χ1n) is 18.3. The van der Waals surface area contributed by atoms with Crippen LogP contribution in [0.1, 0.15) is 64.4 Å². The van der Waals surface area contributed by atoms with Crippen molar-refractivity contribution < 1.29 is 37.1 Å². The Labute approximate surface area is 320 Å². The number of hydrogen-bond donors (Lipinski definition) is 1. The van der Waals surface area contributed by atoms with Gasteiger partial charge in [-0.3, -0.25) is 19.0 Å². The molecule has 1 saturated carbocycles. The van der Waals surface area contributed by atoms with Gasteiger partial charge in [-0.15, -0.1) is 9.46 Å². The predicted octanol–water partition coefficient (Wildman–Crippen LogP) is 5.91. The van der Waals surface area contributed by atoms with Gasteiger partial charge in [-0.25, -0.2) is 8.60 Å². The van der Waals surface area contributed by atoms with E-state index in [1.165, 1.54) is 31.2 Å². The number of hydrogen-bond acceptors (Lipinski definition) is 9. The van der Waals surface area contributed by atoms with Gasteiger partial charge in [-0.05, 0) is 85.3 Å². The fourth-order valence-corrected chi connectivity index (χ4v) is 10.8. The Morgan fingerprint density at radius 3 is 2.63 bits per heavy atom. The second-order valence-corrected chi connectivity index (χ2v) is 17.4. The lowest BCUT2D eigenvalue weighted by atomic mass is 9.68. The van der Waals surface area contributed by atoms with Gasteiger partial charge in [0.25, 0.3) is 11.8 Å². The summed E-state index contributed by atoms with van der Waals surface area (Å²) in [5.41, 5.74) is 1.61. The number of halogens is 2. The number of fused-ring (bicyclic) bond motifs is 4. The zero-order valence-corrected chi connectivity index (χ0v) is 32.8. The highest BCUT2D eigenvalue weighted by molar-refractivity contribution is 7.92. The van der Waals surface area contributed by atoms with Crippen molar-refractivity contribution in [1.29, 1.82) is 0 Å². The molecule has 2 aliphatic heterocycles. The van der Waals surface area contributed by atoms with Crippen molar-refractivity contribution in [2.75, 3.05) is 51.7 Å². The average Bonchev–Trinajstić information content (AvgIpc) is 3.44. The molecule has 2 aromatic carbocycles. The number of ether oxygens (including phenoxy) is 4. The Kier molecular flexibility index (Phi) is 10.8. The summed E-state index contributed by atoms with van der Waals surface area (Å²) in [7, 11) is 2.27. The maximum atomic E-state index is 17.2. The average molecular weight is 784 g/mol. The molecular weight excluding hydrogens is 737 g/mol. The van der Waals surface area contributed by atoms with Gasteiger partial charge in [0.2, 0.25) is 5.88 Å². The van der Waals surface area contributed by atoms with Crippen LogP contribution >= 0.6 is 11.6 Å². The zero-order chi connectivity index (χ0) is 38.4. The number of carbonyl (C=O) groups is 2. The van der Waals surface area contributed by atoms with E-state index in [1.807, 2.05) is 29.2 Å². The van der Waals surface area contributed by atoms with Crippen molar-refractivity contribution in [1.82, 2.24) is 14.5 Å². The highest BCUT2D eigenvalue weighted by Gasteiger charge is 2.45.